The largest absolute Gasteiger partial charge is 0.354 e. The highest BCUT2D eigenvalue weighted by atomic mass is 79.9. The van der Waals surface area contributed by atoms with E-state index in [0.717, 1.165) is 19.6 Å². The molecular weight excluding hydrogens is 310 g/mol. The smallest absolute Gasteiger partial charge is 0.206 e. The summed E-state index contributed by atoms with van der Waals surface area (Å²) in [6.07, 6.45) is 0. The number of hydrogen-bond donors (Lipinski definition) is 1. The number of aromatic nitrogens is 2. The first kappa shape index (κ1) is 11.8. The quantitative estimate of drug-likeness (QED) is 0.924. The summed E-state index contributed by atoms with van der Waals surface area (Å²) >= 11 is 10.6. The van der Waals surface area contributed by atoms with Gasteiger partial charge in [0.05, 0.1) is 6.04 Å². The van der Waals surface area contributed by atoms with Crippen molar-refractivity contribution in [2.24, 2.45) is 0 Å². The van der Waals surface area contributed by atoms with E-state index in [4.69, 9.17) is 11.6 Å². The van der Waals surface area contributed by atoms with E-state index in [1.54, 1.807) is 0 Å². The van der Waals surface area contributed by atoms with Crippen LogP contribution in [-0.4, -0.2) is 10.2 Å². The molecule has 1 heterocycles. The molecule has 84 valence electrons. The zero-order chi connectivity index (χ0) is 11.5. The van der Waals surface area contributed by atoms with Gasteiger partial charge in [-0.2, -0.15) is 0 Å². The predicted molar refractivity (Wildman–Crippen MR) is 71.1 cm³/mol. The van der Waals surface area contributed by atoms with Crippen LogP contribution in [-0.2, 0) is 0 Å². The molecule has 0 amide bonds. The molecule has 1 N–H and O–H groups in total. The van der Waals surface area contributed by atoms with Crippen molar-refractivity contribution in [3.63, 3.8) is 0 Å². The number of nitrogens with zero attached hydrogens (tertiary/aromatic N) is 2. The monoisotopic (exact) mass is 317 g/mol. The van der Waals surface area contributed by atoms with Crippen LogP contribution < -0.4 is 5.32 Å². The van der Waals surface area contributed by atoms with Crippen LogP contribution >= 0.6 is 38.9 Å². The highest BCUT2D eigenvalue weighted by Crippen LogP contribution is 2.25. The fourth-order valence-electron chi connectivity index (χ4n) is 1.28. The van der Waals surface area contributed by atoms with Gasteiger partial charge >= 0.3 is 0 Å². The SMILES string of the molecule is CC(Nc1nnc(Br)s1)c1ccc(Cl)cc1. The summed E-state index contributed by atoms with van der Waals surface area (Å²) < 4.78 is 0.776. The zero-order valence-electron chi connectivity index (χ0n) is 8.45. The first-order chi connectivity index (χ1) is 7.65. The molecule has 1 aromatic carbocycles. The Morgan fingerprint density at radius 1 is 1.31 bits per heavy atom. The lowest BCUT2D eigenvalue weighted by Gasteiger charge is -2.12. The van der Waals surface area contributed by atoms with E-state index in [-0.39, 0.29) is 6.04 Å². The predicted octanol–water partition coefficient (Wildman–Crippen LogP) is 4.13. The normalized spacial score (nSPS) is 12.4. The molecule has 2 aromatic rings. The van der Waals surface area contributed by atoms with E-state index in [1.165, 1.54) is 11.3 Å². The second-order valence-electron chi connectivity index (χ2n) is 3.28. The van der Waals surface area contributed by atoms with Crippen LogP contribution in [0.3, 0.4) is 0 Å². The van der Waals surface area contributed by atoms with E-state index < -0.39 is 0 Å². The van der Waals surface area contributed by atoms with Crippen LogP contribution in [0.25, 0.3) is 0 Å². The molecule has 0 aliphatic heterocycles. The molecule has 0 saturated heterocycles. The summed E-state index contributed by atoms with van der Waals surface area (Å²) in [5, 5.41) is 12.7. The second kappa shape index (κ2) is 5.12. The molecule has 0 aliphatic rings. The van der Waals surface area contributed by atoms with Gasteiger partial charge in [0.1, 0.15) is 0 Å². The van der Waals surface area contributed by atoms with Gasteiger partial charge in [-0.3, -0.25) is 0 Å². The molecule has 0 saturated carbocycles. The maximum atomic E-state index is 5.83. The summed E-state index contributed by atoms with van der Waals surface area (Å²) in [5.74, 6) is 0. The topological polar surface area (TPSA) is 37.8 Å². The molecule has 1 unspecified atom stereocenters. The Bertz CT molecular complexity index is 471. The van der Waals surface area contributed by atoms with Crippen LogP contribution in [0.4, 0.5) is 5.13 Å². The summed E-state index contributed by atoms with van der Waals surface area (Å²) in [6, 6.07) is 7.93. The maximum absolute atomic E-state index is 5.83. The molecule has 0 fully saturated rings. The summed E-state index contributed by atoms with van der Waals surface area (Å²) in [4.78, 5) is 0. The molecule has 1 atom stereocenters. The van der Waals surface area contributed by atoms with E-state index in [1.807, 2.05) is 24.3 Å². The molecule has 2 rings (SSSR count). The van der Waals surface area contributed by atoms with Gasteiger partial charge in [-0.15, -0.1) is 10.2 Å². The van der Waals surface area contributed by atoms with Crippen LogP contribution in [0.1, 0.15) is 18.5 Å². The Morgan fingerprint density at radius 3 is 2.56 bits per heavy atom. The third kappa shape index (κ3) is 2.93. The van der Waals surface area contributed by atoms with Crippen molar-refractivity contribution >= 4 is 44.0 Å². The van der Waals surface area contributed by atoms with E-state index in [0.29, 0.717) is 0 Å². The van der Waals surface area contributed by atoms with Crippen molar-refractivity contribution in [1.29, 1.82) is 0 Å². The Kier molecular flexibility index (Phi) is 3.78. The molecule has 0 bridgehead atoms. The van der Waals surface area contributed by atoms with Gasteiger partial charge in [0, 0.05) is 5.02 Å². The van der Waals surface area contributed by atoms with Gasteiger partial charge in [0.15, 0.2) is 3.92 Å². The number of rotatable bonds is 3. The van der Waals surface area contributed by atoms with E-state index >= 15 is 0 Å². The highest BCUT2D eigenvalue weighted by molar-refractivity contribution is 9.11. The van der Waals surface area contributed by atoms with Gasteiger partial charge in [-0.1, -0.05) is 35.1 Å². The number of halogens is 2. The Hall–Kier alpha value is -0.650. The highest BCUT2D eigenvalue weighted by Gasteiger charge is 2.08. The van der Waals surface area contributed by atoms with E-state index in [9.17, 15) is 0 Å². The Balaban J connectivity index is 2.08. The summed E-state index contributed by atoms with van der Waals surface area (Å²) in [6.45, 7) is 2.07. The molecule has 3 nitrogen and oxygen atoms in total. The Labute approximate surface area is 111 Å². The van der Waals surface area contributed by atoms with Gasteiger partial charge in [-0.05, 0) is 40.5 Å². The summed E-state index contributed by atoms with van der Waals surface area (Å²) in [7, 11) is 0. The molecule has 0 radical (unpaired) electrons. The Morgan fingerprint density at radius 2 is 2.00 bits per heavy atom. The number of hydrogen-bond acceptors (Lipinski definition) is 4. The fourth-order valence-corrected chi connectivity index (χ4v) is 2.51. The third-order valence-corrected chi connectivity index (χ3v) is 3.65. The number of nitrogens with one attached hydrogen (secondary N) is 1. The van der Waals surface area contributed by atoms with Crippen LogP contribution in [0.15, 0.2) is 28.2 Å². The van der Waals surface area contributed by atoms with Crippen molar-refractivity contribution in [1.82, 2.24) is 10.2 Å². The van der Waals surface area contributed by atoms with Crippen LogP contribution in [0, 0.1) is 0 Å². The van der Waals surface area contributed by atoms with E-state index in [2.05, 4.69) is 38.4 Å². The lowest BCUT2D eigenvalue weighted by Crippen LogP contribution is -2.05. The minimum Gasteiger partial charge on any atom is -0.354 e. The fraction of sp³-hybridized carbons (Fsp3) is 0.200. The minimum atomic E-state index is 0.178. The number of anilines is 1. The lowest BCUT2D eigenvalue weighted by molar-refractivity contribution is 0.873. The molecule has 0 spiro atoms. The number of benzene rings is 1. The molecule has 16 heavy (non-hydrogen) atoms. The summed E-state index contributed by atoms with van der Waals surface area (Å²) in [5.41, 5.74) is 1.16. The van der Waals surface area contributed by atoms with Crippen molar-refractivity contribution in [2.75, 3.05) is 5.32 Å². The van der Waals surface area contributed by atoms with Crippen molar-refractivity contribution < 1.29 is 0 Å². The third-order valence-electron chi connectivity index (χ3n) is 2.11. The van der Waals surface area contributed by atoms with Gasteiger partial charge in [0.25, 0.3) is 0 Å². The first-order valence-corrected chi connectivity index (χ1v) is 6.65. The van der Waals surface area contributed by atoms with Crippen molar-refractivity contribution in [2.45, 2.75) is 13.0 Å². The molecule has 1 aromatic heterocycles. The maximum Gasteiger partial charge on any atom is 0.206 e. The molecule has 0 aliphatic carbocycles. The van der Waals surface area contributed by atoms with Crippen molar-refractivity contribution in [3.8, 4) is 0 Å². The van der Waals surface area contributed by atoms with Crippen molar-refractivity contribution in [3.05, 3.63) is 38.8 Å². The average Bonchev–Trinajstić information content (AvgIpc) is 2.65. The molecular formula is C10H9BrClN3S. The standard InChI is InChI=1S/C10H9BrClN3S/c1-6(7-2-4-8(12)5-3-7)13-10-15-14-9(11)16-10/h2-6H,1H3,(H,13,15). The van der Waals surface area contributed by atoms with Gasteiger partial charge in [0.2, 0.25) is 5.13 Å². The zero-order valence-corrected chi connectivity index (χ0v) is 11.6. The van der Waals surface area contributed by atoms with Crippen LogP contribution in [0.5, 0.6) is 0 Å². The first-order valence-electron chi connectivity index (χ1n) is 4.66. The van der Waals surface area contributed by atoms with Crippen LogP contribution in [0.2, 0.25) is 5.02 Å². The second-order valence-corrected chi connectivity index (χ2v) is 5.97. The van der Waals surface area contributed by atoms with Gasteiger partial charge < -0.3 is 5.32 Å². The molecule has 6 heteroatoms. The minimum absolute atomic E-state index is 0.178. The lowest BCUT2D eigenvalue weighted by atomic mass is 10.1. The average molecular weight is 319 g/mol. The van der Waals surface area contributed by atoms with Gasteiger partial charge in [-0.25, -0.2) is 0 Å².